The summed E-state index contributed by atoms with van der Waals surface area (Å²) in [6.45, 7) is 6.02. The summed E-state index contributed by atoms with van der Waals surface area (Å²) in [6, 6.07) is 17.3. The lowest BCUT2D eigenvalue weighted by Gasteiger charge is -2.15. The third-order valence-electron chi connectivity index (χ3n) is 5.14. The fourth-order valence-corrected chi connectivity index (χ4v) is 3.70. The first-order valence-electron chi connectivity index (χ1n) is 10.1. The van der Waals surface area contributed by atoms with Gasteiger partial charge in [-0.2, -0.15) is 5.10 Å². The van der Waals surface area contributed by atoms with E-state index in [0.717, 1.165) is 16.9 Å². The van der Waals surface area contributed by atoms with Crippen molar-refractivity contribution >= 4 is 23.3 Å². The van der Waals surface area contributed by atoms with Crippen molar-refractivity contribution in [3.63, 3.8) is 0 Å². The minimum absolute atomic E-state index is 0.0980. The van der Waals surface area contributed by atoms with E-state index in [0.29, 0.717) is 30.9 Å². The standard InChI is InChI=1S/C23H25N5O2/c1-16(2)21-20(14-25-28(21)15-17-6-4-3-5-7-17)22(29)26-18-8-10-19(11-9-18)27-13-12-24-23(27)30/h3-11,14,16H,12-13,15H2,1-2H3,(H,24,30)(H,26,29). The molecule has 3 aromatic rings. The van der Waals surface area contributed by atoms with Crippen LogP contribution < -0.4 is 15.5 Å². The Morgan fingerprint density at radius 1 is 1.13 bits per heavy atom. The Bertz CT molecular complexity index is 1040. The van der Waals surface area contributed by atoms with Crippen molar-refractivity contribution < 1.29 is 9.59 Å². The predicted molar refractivity (Wildman–Crippen MR) is 117 cm³/mol. The molecule has 1 aromatic heterocycles. The maximum absolute atomic E-state index is 13.0. The van der Waals surface area contributed by atoms with Crippen molar-refractivity contribution in [3.05, 3.63) is 77.6 Å². The molecule has 2 N–H and O–H groups in total. The van der Waals surface area contributed by atoms with Gasteiger partial charge in [-0.15, -0.1) is 0 Å². The molecule has 154 valence electrons. The van der Waals surface area contributed by atoms with Crippen LogP contribution >= 0.6 is 0 Å². The molecule has 7 heteroatoms. The van der Waals surface area contributed by atoms with Gasteiger partial charge in [0, 0.05) is 24.5 Å². The number of carbonyl (C=O) groups excluding carboxylic acids is 2. The van der Waals surface area contributed by atoms with Gasteiger partial charge in [-0.3, -0.25) is 14.4 Å². The monoisotopic (exact) mass is 403 g/mol. The number of hydrogen-bond acceptors (Lipinski definition) is 3. The third-order valence-corrected chi connectivity index (χ3v) is 5.14. The van der Waals surface area contributed by atoms with Crippen molar-refractivity contribution in [2.45, 2.75) is 26.3 Å². The van der Waals surface area contributed by atoms with Crippen molar-refractivity contribution in [1.29, 1.82) is 0 Å². The van der Waals surface area contributed by atoms with Crippen LogP contribution in [0.1, 0.15) is 41.4 Å². The molecule has 30 heavy (non-hydrogen) atoms. The van der Waals surface area contributed by atoms with Crippen LogP contribution in [0.4, 0.5) is 16.2 Å². The molecule has 1 aliphatic heterocycles. The minimum atomic E-state index is -0.190. The molecule has 1 fully saturated rings. The Kier molecular flexibility index (Phi) is 5.52. The summed E-state index contributed by atoms with van der Waals surface area (Å²) in [5.41, 5.74) is 4.09. The molecule has 0 saturated carbocycles. The average molecular weight is 403 g/mol. The number of urea groups is 1. The molecule has 7 nitrogen and oxygen atoms in total. The molecule has 1 saturated heterocycles. The van der Waals surface area contributed by atoms with Gasteiger partial charge in [0.15, 0.2) is 0 Å². The van der Waals surface area contributed by atoms with Crippen LogP contribution in [-0.4, -0.2) is 34.8 Å². The van der Waals surface area contributed by atoms with Gasteiger partial charge < -0.3 is 10.6 Å². The van der Waals surface area contributed by atoms with E-state index in [1.807, 2.05) is 59.3 Å². The van der Waals surface area contributed by atoms with Crippen LogP contribution in [0.2, 0.25) is 0 Å². The summed E-state index contributed by atoms with van der Waals surface area (Å²) >= 11 is 0. The van der Waals surface area contributed by atoms with Crippen LogP contribution in [0.3, 0.4) is 0 Å². The zero-order valence-electron chi connectivity index (χ0n) is 17.1. The summed E-state index contributed by atoms with van der Waals surface area (Å²) in [5.74, 6) is -0.0438. The van der Waals surface area contributed by atoms with Gasteiger partial charge in [-0.05, 0) is 35.7 Å². The molecule has 4 rings (SSSR count). The molecule has 0 unspecified atom stereocenters. The van der Waals surface area contributed by atoms with E-state index in [9.17, 15) is 9.59 Å². The smallest absolute Gasteiger partial charge is 0.321 e. The van der Waals surface area contributed by atoms with Crippen LogP contribution in [0, 0.1) is 0 Å². The van der Waals surface area contributed by atoms with E-state index < -0.39 is 0 Å². The van der Waals surface area contributed by atoms with Gasteiger partial charge in [-0.25, -0.2) is 4.79 Å². The number of benzene rings is 2. The van der Waals surface area contributed by atoms with Crippen molar-refractivity contribution in [3.8, 4) is 0 Å². The van der Waals surface area contributed by atoms with Crippen LogP contribution in [-0.2, 0) is 6.54 Å². The van der Waals surface area contributed by atoms with Crippen LogP contribution in [0.15, 0.2) is 60.8 Å². The summed E-state index contributed by atoms with van der Waals surface area (Å²) in [4.78, 5) is 26.4. The Labute approximate surface area is 175 Å². The lowest BCUT2D eigenvalue weighted by atomic mass is 10.0. The highest BCUT2D eigenvalue weighted by atomic mass is 16.2. The van der Waals surface area contributed by atoms with Gasteiger partial charge in [-0.1, -0.05) is 44.2 Å². The van der Waals surface area contributed by atoms with E-state index >= 15 is 0 Å². The maximum Gasteiger partial charge on any atom is 0.321 e. The number of amides is 3. The summed E-state index contributed by atoms with van der Waals surface area (Å²) < 4.78 is 1.89. The predicted octanol–water partition coefficient (Wildman–Crippen LogP) is 3.84. The second-order valence-electron chi connectivity index (χ2n) is 7.63. The normalized spacial score (nSPS) is 13.6. The fourth-order valence-electron chi connectivity index (χ4n) is 3.70. The molecule has 3 amide bonds. The zero-order valence-corrected chi connectivity index (χ0v) is 17.1. The molecule has 2 heterocycles. The molecule has 0 atom stereocenters. The SMILES string of the molecule is CC(C)c1c(C(=O)Nc2ccc(N3CCNC3=O)cc2)cnn1Cc1ccccc1. The Hall–Kier alpha value is -3.61. The average Bonchev–Trinajstić information content (AvgIpc) is 3.36. The van der Waals surface area contributed by atoms with E-state index in [2.05, 4.69) is 29.6 Å². The number of carbonyl (C=O) groups is 2. The Morgan fingerprint density at radius 3 is 2.50 bits per heavy atom. The van der Waals surface area contributed by atoms with E-state index in [1.54, 1.807) is 11.1 Å². The molecular formula is C23H25N5O2. The first-order chi connectivity index (χ1) is 14.5. The summed E-state index contributed by atoms with van der Waals surface area (Å²) in [7, 11) is 0. The zero-order chi connectivity index (χ0) is 21.1. The van der Waals surface area contributed by atoms with Crippen molar-refractivity contribution in [2.24, 2.45) is 0 Å². The third kappa shape index (κ3) is 4.05. The number of hydrogen-bond donors (Lipinski definition) is 2. The minimum Gasteiger partial charge on any atom is -0.336 e. The molecule has 0 bridgehead atoms. The Morgan fingerprint density at radius 2 is 1.87 bits per heavy atom. The fraction of sp³-hybridized carbons (Fsp3) is 0.261. The number of rotatable bonds is 6. The number of anilines is 2. The van der Waals surface area contributed by atoms with Gasteiger partial charge in [0.25, 0.3) is 5.91 Å². The molecule has 1 aliphatic rings. The summed E-state index contributed by atoms with van der Waals surface area (Å²) in [6.07, 6.45) is 1.64. The van der Waals surface area contributed by atoms with Gasteiger partial charge in [0.1, 0.15) is 0 Å². The highest BCUT2D eigenvalue weighted by molar-refractivity contribution is 6.05. The van der Waals surface area contributed by atoms with E-state index in [-0.39, 0.29) is 17.9 Å². The molecule has 0 spiro atoms. The van der Waals surface area contributed by atoms with Gasteiger partial charge >= 0.3 is 6.03 Å². The second-order valence-corrected chi connectivity index (χ2v) is 7.63. The van der Waals surface area contributed by atoms with E-state index in [1.165, 1.54) is 0 Å². The maximum atomic E-state index is 13.0. The topological polar surface area (TPSA) is 79.3 Å². The van der Waals surface area contributed by atoms with Crippen molar-refractivity contribution in [2.75, 3.05) is 23.3 Å². The highest BCUT2D eigenvalue weighted by Gasteiger charge is 2.22. The second kappa shape index (κ2) is 8.41. The lowest BCUT2D eigenvalue weighted by Crippen LogP contribution is -2.27. The number of nitrogens with one attached hydrogen (secondary N) is 2. The van der Waals surface area contributed by atoms with Crippen LogP contribution in [0.25, 0.3) is 0 Å². The highest BCUT2D eigenvalue weighted by Crippen LogP contribution is 2.23. The lowest BCUT2D eigenvalue weighted by molar-refractivity contribution is 0.102. The first-order valence-corrected chi connectivity index (χ1v) is 10.1. The van der Waals surface area contributed by atoms with Crippen LogP contribution in [0.5, 0.6) is 0 Å². The molecule has 2 aromatic carbocycles. The van der Waals surface area contributed by atoms with Gasteiger partial charge in [0.05, 0.1) is 24.0 Å². The quantitative estimate of drug-likeness (QED) is 0.656. The Balaban J connectivity index is 1.51. The molecular weight excluding hydrogens is 378 g/mol. The molecule has 0 aliphatic carbocycles. The largest absolute Gasteiger partial charge is 0.336 e. The van der Waals surface area contributed by atoms with E-state index in [4.69, 9.17) is 0 Å². The van der Waals surface area contributed by atoms with Crippen molar-refractivity contribution in [1.82, 2.24) is 15.1 Å². The first kappa shape index (κ1) is 19.7. The number of nitrogens with zero attached hydrogens (tertiary/aromatic N) is 3. The molecule has 0 radical (unpaired) electrons. The summed E-state index contributed by atoms with van der Waals surface area (Å²) in [5, 5.41) is 10.2. The number of aromatic nitrogens is 2. The van der Waals surface area contributed by atoms with Gasteiger partial charge in [0.2, 0.25) is 0 Å².